The van der Waals surface area contributed by atoms with Gasteiger partial charge in [-0.2, -0.15) is 0 Å². The van der Waals surface area contributed by atoms with Crippen molar-refractivity contribution in [3.63, 3.8) is 0 Å². The minimum atomic E-state index is 0.0220. The molecule has 1 atom stereocenters. The van der Waals surface area contributed by atoms with Crippen molar-refractivity contribution in [1.82, 2.24) is 9.97 Å². The van der Waals surface area contributed by atoms with E-state index in [0.29, 0.717) is 12.5 Å². The van der Waals surface area contributed by atoms with Crippen molar-refractivity contribution in [2.24, 2.45) is 11.7 Å². The Morgan fingerprint density at radius 3 is 2.60 bits per heavy atom. The average molecular weight is 207 g/mol. The number of rotatable bonds is 5. The largest absolute Gasteiger partial charge is 0.387 e. The first-order valence-electron chi connectivity index (χ1n) is 5.01. The van der Waals surface area contributed by atoms with Gasteiger partial charge in [-0.3, -0.25) is 5.41 Å². The molecule has 0 aromatic carbocycles. The zero-order valence-electron chi connectivity index (χ0n) is 9.14. The van der Waals surface area contributed by atoms with E-state index < -0.39 is 0 Å². The van der Waals surface area contributed by atoms with Crippen LogP contribution >= 0.6 is 0 Å². The lowest BCUT2D eigenvalue weighted by molar-refractivity contribution is 0.681. The number of hydrogen-bond acceptors (Lipinski definition) is 4. The fourth-order valence-electron chi connectivity index (χ4n) is 1.24. The van der Waals surface area contributed by atoms with Gasteiger partial charge in [0.15, 0.2) is 0 Å². The molecule has 1 aromatic heterocycles. The lowest BCUT2D eigenvalue weighted by Gasteiger charge is -2.23. The van der Waals surface area contributed by atoms with Gasteiger partial charge in [0.25, 0.3) is 0 Å². The van der Waals surface area contributed by atoms with Gasteiger partial charge < -0.3 is 10.6 Å². The fourth-order valence-corrected chi connectivity index (χ4v) is 1.24. The Hall–Kier alpha value is -1.65. The molecule has 0 saturated carbocycles. The van der Waals surface area contributed by atoms with Crippen LogP contribution in [0.3, 0.4) is 0 Å². The lowest BCUT2D eigenvalue weighted by Crippen LogP contribution is -2.35. The molecule has 0 bridgehead atoms. The predicted octanol–water partition coefficient (Wildman–Crippen LogP) is 0.875. The average Bonchev–Trinajstić information content (AvgIpc) is 2.26. The van der Waals surface area contributed by atoms with Gasteiger partial charge in [0, 0.05) is 31.4 Å². The van der Waals surface area contributed by atoms with Crippen LogP contribution in [-0.4, -0.2) is 28.9 Å². The molecule has 5 heteroatoms. The van der Waals surface area contributed by atoms with Crippen molar-refractivity contribution in [2.45, 2.75) is 13.8 Å². The number of amidine groups is 1. The first-order chi connectivity index (χ1) is 7.15. The monoisotopic (exact) mass is 207 g/mol. The summed E-state index contributed by atoms with van der Waals surface area (Å²) in [7, 11) is 0. The fraction of sp³-hybridized carbons (Fsp3) is 0.500. The molecular weight excluding hydrogens is 190 g/mol. The highest BCUT2D eigenvalue weighted by Gasteiger charge is 2.12. The normalized spacial score (nSPS) is 12.1. The van der Waals surface area contributed by atoms with E-state index in [9.17, 15) is 0 Å². The molecule has 3 N–H and O–H groups in total. The third kappa shape index (κ3) is 3.19. The standard InChI is InChI=1S/C10H17N5/c1-3-15(7-8(2)9(11)12)10-13-5-4-6-14-10/h4-6,8H,3,7H2,1-2H3,(H3,11,12). The van der Waals surface area contributed by atoms with Gasteiger partial charge in [0.2, 0.25) is 5.95 Å². The third-order valence-electron chi connectivity index (χ3n) is 2.24. The van der Waals surface area contributed by atoms with Crippen molar-refractivity contribution in [2.75, 3.05) is 18.0 Å². The highest BCUT2D eigenvalue weighted by molar-refractivity contribution is 5.79. The molecule has 82 valence electrons. The maximum Gasteiger partial charge on any atom is 0.225 e. The molecule has 0 spiro atoms. The van der Waals surface area contributed by atoms with Crippen LogP contribution in [0.25, 0.3) is 0 Å². The molecule has 0 fully saturated rings. The summed E-state index contributed by atoms with van der Waals surface area (Å²) in [6, 6.07) is 1.78. The van der Waals surface area contributed by atoms with E-state index in [-0.39, 0.29) is 11.8 Å². The zero-order chi connectivity index (χ0) is 11.3. The predicted molar refractivity (Wildman–Crippen MR) is 61.0 cm³/mol. The number of anilines is 1. The van der Waals surface area contributed by atoms with Crippen LogP contribution in [0.5, 0.6) is 0 Å². The summed E-state index contributed by atoms with van der Waals surface area (Å²) in [6.45, 7) is 5.44. The molecular formula is C10H17N5. The van der Waals surface area contributed by atoms with Gasteiger partial charge in [-0.15, -0.1) is 0 Å². The Kier molecular flexibility index (Phi) is 4.03. The van der Waals surface area contributed by atoms with Crippen LogP contribution in [-0.2, 0) is 0 Å². The molecule has 0 saturated heterocycles. The van der Waals surface area contributed by atoms with Crippen molar-refractivity contribution >= 4 is 11.8 Å². The molecule has 1 unspecified atom stereocenters. The van der Waals surface area contributed by atoms with E-state index in [4.69, 9.17) is 11.1 Å². The second kappa shape index (κ2) is 5.29. The lowest BCUT2D eigenvalue weighted by atomic mass is 10.1. The number of nitrogens with two attached hydrogens (primary N) is 1. The molecule has 0 aliphatic carbocycles. The van der Waals surface area contributed by atoms with Gasteiger partial charge in [-0.25, -0.2) is 9.97 Å². The number of hydrogen-bond donors (Lipinski definition) is 2. The molecule has 15 heavy (non-hydrogen) atoms. The number of nitrogens with one attached hydrogen (secondary N) is 1. The third-order valence-corrected chi connectivity index (χ3v) is 2.24. The second-order valence-electron chi connectivity index (χ2n) is 3.44. The maximum absolute atomic E-state index is 7.34. The van der Waals surface area contributed by atoms with Gasteiger partial charge in [-0.05, 0) is 13.0 Å². The summed E-state index contributed by atoms with van der Waals surface area (Å²) in [4.78, 5) is 10.3. The van der Waals surface area contributed by atoms with E-state index in [1.807, 2.05) is 18.7 Å². The van der Waals surface area contributed by atoms with Crippen LogP contribution in [0.4, 0.5) is 5.95 Å². The van der Waals surface area contributed by atoms with Gasteiger partial charge in [-0.1, -0.05) is 6.92 Å². The van der Waals surface area contributed by atoms with Gasteiger partial charge in [0.05, 0.1) is 5.84 Å². The number of nitrogens with zero attached hydrogens (tertiary/aromatic N) is 3. The van der Waals surface area contributed by atoms with E-state index in [1.54, 1.807) is 18.5 Å². The van der Waals surface area contributed by atoms with Crippen molar-refractivity contribution in [3.05, 3.63) is 18.5 Å². The molecule has 1 aromatic rings. The van der Waals surface area contributed by atoms with E-state index in [2.05, 4.69) is 9.97 Å². The quantitative estimate of drug-likeness (QED) is 0.555. The topological polar surface area (TPSA) is 78.9 Å². The Bertz CT molecular complexity index is 311. The first-order valence-corrected chi connectivity index (χ1v) is 5.01. The first kappa shape index (κ1) is 11.4. The van der Waals surface area contributed by atoms with Gasteiger partial charge >= 0.3 is 0 Å². The van der Waals surface area contributed by atoms with E-state index >= 15 is 0 Å². The van der Waals surface area contributed by atoms with E-state index in [0.717, 1.165) is 6.54 Å². The molecule has 1 heterocycles. The SMILES string of the molecule is CCN(CC(C)C(=N)N)c1ncccn1. The highest BCUT2D eigenvalue weighted by atomic mass is 15.2. The summed E-state index contributed by atoms with van der Waals surface area (Å²) in [5.41, 5.74) is 5.43. The summed E-state index contributed by atoms with van der Waals surface area (Å²) in [6.07, 6.45) is 3.42. The van der Waals surface area contributed by atoms with Crippen LogP contribution < -0.4 is 10.6 Å². The van der Waals surface area contributed by atoms with Crippen LogP contribution in [0.15, 0.2) is 18.5 Å². The van der Waals surface area contributed by atoms with Crippen LogP contribution in [0, 0.1) is 11.3 Å². The Morgan fingerprint density at radius 1 is 1.53 bits per heavy atom. The van der Waals surface area contributed by atoms with Crippen LogP contribution in [0.1, 0.15) is 13.8 Å². The van der Waals surface area contributed by atoms with Crippen molar-refractivity contribution < 1.29 is 0 Å². The smallest absolute Gasteiger partial charge is 0.225 e. The van der Waals surface area contributed by atoms with Crippen LogP contribution in [0.2, 0.25) is 0 Å². The summed E-state index contributed by atoms with van der Waals surface area (Å²) in [5.74, 6) is 0.909. The molecule has 1 rings (SSSR count). The Balaban J connectivity index is 2.69. The maximum atomic E-state index is 7.34. The van der Waals surface area contributed by atoms with Crippen molar-refractivity contribution in [3.8, 4) is 0 Å². The van der Waals surface area contributed by atoms with E-state index in [1.165, 1.54) is 0 Å². The summed E-state index contributed by atoms with van der Waals surface area (Å²) >= 11 is 0. The summed E-state index contributed by atoms with van der Waals surface area (Å²) < 4.78 is 0. The molecule has 0 amide bonds. The highest BCUT2D eigenvalue weighted by Crippen LogP contribution is 2.07. The van der Waals surface area contributed by atoms with Gasteiger partial charge in [0.1, 0.15) is 0 Å². The molecule has 5 nitrogen and oxygen atoms in total. The Labute approximate surface area is 89.8 Å². The minimum Gasteiger partial charge on any atom is -0.387 e. The van der Waals surface area contributed by atoms with Crippen molar-refractivity contribution in [1.29, 1.82) is 5.41 Å². The minimum absolute atomic E-state index is 0.0220. The Morgan fingerprint density at radius 2 is 2.13 bits per heavy atom. The second-order valence-corrected chi connectivity index (χ2v) is 3.44. The summed E-state index contributed by atoms with van der Waals surface area (Å²) in [5, 5.41) is 7.34. The molecule has 0 radical (unpaired) electrons. The molecule has 0 aliphatic rings. The molecule has 0 aliphatic heterocycles. The number of aromatic nitrogens is 2. The zero-order valence-corrected chi connectivity index (χ0v) is 9.14.